The van der Waals surface area contributed by atoms with Gasteiger partial charge in [0.15, 0.2) is 12.6 Å². The fourth-order valence-corrected chi connectivity index (χ4v) is 8.23. The van der Waals surface area contributed by atoms with E-state index in [0.29, 0.717) is 32.0 Å². The Hall–Kier alpha value is -1.52. The van der Waals surface area contributed by atoms with Gasteiger partial charge in [0.2, 0.25) is 0 Å². The maximum atomic E-state index is 13.1. The van der Waals surface area contributed by atoms with Gasteiger partial charge in [-0.1, -0.05) is 148 Å². The molecule has 9 nitrogen and oxygen atoms in total. The van der Waals surface area contributed by atoms with Gasteiger partial charge >= 0.3 is 11.9 Å². The molecule has 0 bridgehead atoms. The Labute approximate surface area is 369 Å². The summed E-state index contributed by atoms with van der Waals surface area (Å²) in [6, 6.07) is 0. The fraction of sp³-hybridized carbons (Fsp3) is 0.922. The van der Waals surface area contributed by atoms with Crippen LogP contribution in [0.3, 0.4) is 0 Å². The van der Waals surface area contributed by atoms with E-state index in [-0.39, 0.29) is 31.6 Å². The van der Waals surface area contributed by atoms with E-state index in [2.05, 4.69) is 44.9 Å². The van der Waals surface area contributed by atoms with Crippen LogP contribution in [0.15, 0.2) is 12.2 Å². The molecular weight excluding hydrogens is 755 g/mol. The van der Waals surface area contributed by atoms with Gasteiger partial charge in [-0.05, 0) is 96.7 Å². The Morgan fingerprint density at radius 1 is 0.567 bits per heavy atom. The highest BCUT2D eigenvalue weighted by Crippen LogP contribution is 2.28. The van der Waals surface area contributed by atoms with E-state index in [1.807, 2.05) is 0 Å². The van der Waals surface area contributed by atoms with E-state index in [1.54, 1.807) is 0 Å². The number of hydrogen-bond donors (Lipinski definition) is 0. The summed E-state index contributed by atoms with van der Waals surface area (Å²) >= 11 is 0. The molecule has 0 aromatic carbocycles. The topological polar surface area (TPSA) is 92.8 Å². The number of carbonyl (C=O) groups is 2. The molecule has 2 heterocycles. The molecule has 0 aromatic heterocycles. The number of nitrogens with zero attached hydrogens (tertiary/aromatic N) is 1. The Balaban J connectivity index is 1.74. The molecule has 0 radical (unpaired) electrons. The van der Waals surface area contributed by atoms with Crippen molar-refractivity contribution in [1.29, 1.82) is 0 Å². The van der Waals surface area contributed by atoms with Crippen molar-refractivity contribution in [2.45, 2.75) is 251 Å². The summed E-state index contributed by atoms with van der Waals surface area (Å²) in [5.74, 6) is 0.159. The second kappa shape index (κ2) is 39.1. The van der Waals surface area contributed by atoms with Crippen LogP contribution in [-0.4, -0.2) is 88.2 Å². The second-order valence-electron chi connectivity index (χ2n) is 18.0. The van der Waals surface area contributed by atoms with Crippen LogP contribution < -0.4 is 0 Å². The van der Waals surface area contributed by atoms with Crippen LogP contribution in [0.2, 0.25) is 0 Å². The first-order valence-electron chi connectivity index (χ1n) is 25.6. The van der Waals surface area contributed by atoms with Gasteiger partial charge in [0.1, 0.15) is 25.4 Å². The van der Waals surface area contributed by atoms with Crippen LogP contribution in [0.4, 0.5) is 0 Å². The molecule has 2 rings (SSSR count). The first-order valence-corrected chi connectivity index (χ1v) is 25.6. The summed E-state index contributed by atoms with van der Waals surface area (Å²) in [7, 11) is 2.18. The van der Waals surface area contributed by atoms with Crippen LogP contribution in [0.25, 0.3) is 0 Å². The average Bonchev–Trinajstić information content (AvgIpc) is 3.65. The number of piperidine rings is 1. The van der Waals surface area contributed by atoms with Crippen molar-refractivity contribution in [3.63, 3.8) is 0 Å². The summed E-state index contributed by atoms with van der Waals surface area (Å²) < 4.78 is 36.5. The normalized spacial score (nSPS) is 18.9. The van der Waals surface area contributed by atoms with Crippen LogP contribution in [0, 0.1) is 5.92 Å². The third-order valence-corrected chi connectivity index (χ3v) is 12.4. The maximum Gasteiger partial charge on any atom is 0.306 e. The molecule has 0 aromatic rings. The Bertz CT molecular complexity index is 999. The molecule has 60 heavy (non-hydrogen) atoms. The van der Waals surface area contributed by atoms with E-state index in [4.69, 9.17) is 28.4 Å². The van der Waals surface area contributed by atoms with E-state index >= 15 is 0 Å². The van der Waals surface area contributed by atoms with Crippen molar-refractivity contribution in [1.82, 2.24) is 4.90 Å². The minimum atomic E-state index is -0.479. The number of allylic oxidation sites excluding steroid dienone is 2. The summed E-state index contributed by atoms with van der Waals surface area (Å²) in [5.41, 5.74) is 0. The predicted octanol–water partition coefficient (Wildman–Crippen LogP) is 13.2. The molecule has 2 aliphatic heterocycles. The first-order chi connectivity index (χ1) is 29.4. The van der Waals surface area contributed by atoms with Gasteiger partial charge < -0.3 is 33.3 Å². The maximum absolute atomic E-state index is 13.1. The molecule has 3 atom stereocenters. The Morgan fingerprint density at radius 3 is 1.50 bits per heavy atom. The average molecular weight is 850 g/mol. The lowest BCUT2D eigenvalue weighted by atomic mass is 9.92. The molecule has 2 fully saturated rings. The summed E-state index contributed by atoms with van der Waals surface area (Å²) in [6.45, 7) is 10.5. The summed E-state index contributed by atoms with van der Waals surface area (Å²) in [6.07, 6.45) is 38.5. The summed E-state index contributed by atoms with van der Waals surface area (Å²) in [5, 5.41) is 0. The first kappa shape index (κ1) is 54.6. The molecule has 0 amide bonds. The number of esters is 2. The monoisotopic (exact) mass is 850 g/mol. The largest absolute Gasteiger partial charge is 0.463 e. The van der Waals surface area contributed by atoms with Crippen molar-refractivity contribution in [2.75, 3.05) is 46.6 Å². The lowest BCUT2D eigenvalue weighted by Gasteiger charge is -2.29. The highest BCUT2D eigenvalue weighted by Gasteiger charge is 2.38. The minimum Gasteiger partial charge on any atom is -0.463 e. The van der Waals surface area contributed by atoms with Crippen LogP contribution in [0.5, 0.6) is 0 Å². The van der Waals surface area contributed by atoms with Crippen molar-refractivity contribution >= 4 is 11.9 Å². The number of carbonyl (C=O) groups excluding carboxylic acids is 2. The van der Waals surface area contributed by atoms with Gasteiger partial charge in [0, 0.05) is 26.1 Å². The van der Waals surface area contributed by atoms with E-state index in [1.165, 1.54) is 122 Å². The van der Waals surface area contributed by atoms with Gasteiger partial charge in [0.25, 0.3) is 0 Å². The van der Waals surface area contributed by atoms with Crippen molar-refractivity contribution < 1.29 is 38.0 Å². The van der Waals surface area contributed by atoms with E-state index < -0.39 is 24.8 Å². The standard InChI is InChI=1S/C51H95NO8/c1-5-8-11-14-17-18-19-20-21-22-23-24-25-26-29-32-48(53)57-43-46-47(60-51(59-46)35-33-45-37-39-52(4)40-38-45)44-58-49(54)34-36-50(55-41-30-27-15-12-9-6-2)56-42-31-28-16-13-10-7-3/h20-21,45-47,50-51H,5-19,22-44H2,1-4H3/b21-20-. The molecule has 9 heteroatoms. The lowest BCUT2D eigenvalue weighted by molar-refractivity contribution is -0.162. The van der Waals surface area contributed by atoms with Crippen LogP contribution in [0.1, 0.15) is 226 Å². The van der Waals surface area contributed by atoms with Gasteiger partial charge in [0.05, 0.1) is 6.42 Å². The molecule has 2 saturated heterocycles. The zero-order valence-electron chi connectivity index (χ0n) is 39.6. The number of unbranched alkanes of at least 4 members (excludes halogenated alkanes) is 21. The van der Waals surface area contributed by atoms with Gasteiger partial charge in [-0.15, -0.1) is 0 Å². The fourth-order valence-electron chi connectivity index (χ4n) is 8.23. The summed E-state index contributed by atoms with van der Waals surface area (Å²) in [4.78, 5) is 28.2. The third-order valence-electron chi connectivity index (χ3n) is 12.4. The number of likely N-dealkylation sites (tertiary alicyclic amines) is 1. The zero-order valence-corrected chi connectivity index (χ0v) is 39.6. The molecule has 0 spiro atoms. The second-order valence-corrected chi connectivity index (χ2v) is 18.0. The quantitative estimate of drug-likeness (QED) is 0.0258. The molecule has 0 aliphatic carbocycles. The van der Waals surface area contributed by atoms with Crippen molar-refractivity contribution in [3.8, 4) is 0 Å². The highest BCUT2D eigenvalue weighted by molar-refractivity contribution is 5.69. The van der Waals surface area contributed by atoms with Gasteiger partial charge in [-0.2, -0.15) is 0 Å². The van der Waals surface area contributed by atoms with Gasteiger partial charge in [-0.25, -0.2) is 0 Å². The molecule has 0 N–H and O–H groups in total. The van der Waals surface area contributed by atoms with E-state index in [0.717, 1.165) is 77.3 Å². The predicted molar refractivity (Wildman–Crippen MR) is 246 cm³/mol. The number of hydrogen-bond acceptors (Lipinski definition) is 9. The van der Waals surface area contributed by atoms with Crippen LogP contribution in [-0.2, 0) is 38.0 Å². The highest BCUT2D eigenvalue weighted by atomic mass is 16.7. The minimum absolute atomic E-state index is 0.0713. The Morgan fingerprint density at radius 2 is 1.00 bits per heavy atom. The molecule has 3 unspecified atom stereocenters. The molecule has 0 saturated carbocycles. The SMILES string of the molecule is CCCCCCCC/C=C\CCCCCCCC(=O)OCC1OC(CCC2CCN(C)CC2)OC1COC(=O)CCC(OCCCCCCCC)OCCCCCCCC. The zero-order chi connectivity index (χ0) is 43.1. The number of rotatable bonds is 41. The molecule has 2 aliphatic rings. The molecular formula is C51H95NO8. The Kier molecular flexibility index (Phi) is 35.6. The van der Waals surface area contributed by atoms with E-state index in [9.17, 15) is 9.59 Å². The molecule has 352 valence electrons. The third kappa shape index (κ3) is 30.5. The smallest absolute Gasteiger partial charge is 0.306 e. The van der Waals surface area contributed by atoms with Crippen molar-refractivity contribution in [2.24, 2.45) is 5.92 Å². The number of ether oxygens (including phenoxy) is 6. The van der Waals surface area contributed by atoms with Crippen molar-refractivity contribution in [3.05, 3.63) is 12.2 Å². The van der Waals surface area contributed by atoms with Gasteiger partial charge in [-0.3, -0.25) is 9.59 Å². The van der Waals surface area contributed by atoms with Crippen LogP contribution >= 0.6 is 0 Å². The lowest BCUT2D eigenvalue weighted by Crippen LogP contribution is -2.33.